The summed E-state index contributed by atoms with van der Waals surface area (Å²) in [6, 6.07) is 8.70. The zero-order valence-electron chi connectivity index (χ0n) is 14.9. The molecule has 0 spiro atoms. The van der Waals surface area contributed by atoms with Crippen LogP contribution in [0.3, 0.4) is 0 Å². The fourth-order valence-corrected chi connectivity index (χ4v) is 4.16. The quantitative estimate of drug-likeness (QED) is 0.596. The molecule has 3 rings (SSSR count). The highest BCUT2D eigenvalue weighted by atomic mass is 32.1. The SMILES string of the molecule is COC(=O)c1c(NC(=O)c2cccs2)sc(C(=O)Nc2ccc(F)cc2)c1C. The molecule has 28 heavy (non-hydrogen) atoms. The van der Waals surface area contributed by atoms with Crippen LogP contribution in [0.4, 0.5) is 15.1 Å². The first kappa shape index (κ1) is 19.7. The smallest absolute Gasteiger partial charge is 0.341 e. The number of amides is 2. The Labute approximate surface area is 168 Å². The molecule has 0 saturated heterocycles. The number of rotatable bonds is 5. The van der Waals surface area contributed by atoms with Gasteiger partial charge in [0.1, 0.15) is 10.8 Å². The summed E-state index contributed by atoms with van der Waals surface area (Å²) in [4.78, 5) is 38.0. The summed E-state index contributed by atoms with van der Waals surface area (Å²) in [7, 11) is 1.22. The van der Waals surface area contributed by atoms with Crippen molar-refractivity contribution in [2.24, 2.45) is 0 Å². The van der Waals surface area contributed by atoms with Gasteiger partial charge in [-0.2, -0.15) is 0 Å². The van der Waals surface area contributed by atoms with Crippen molar-refractivity contribution in [2.45, 2.75) is 6.92 Å². The first-order valence-corrected chi connectivity index (χ1v) is 9.73. The largest absolute Gasteiger partial charge is 0.465 e. The normalized spacial score (nSPS) is 10.4. The maximum atomic E-state index is 13.0. The number of hydrogen-bond acceptors (Lipinski definition) is 6. The lowest BCUT2D eigenvalue weighted by atomic mass is 10.1. The van der Waals surface area contributed by atoms with Crippen molar-refractivity contribution in [3.05, 3.63) is 68.5 Å². The summed E-state index contributed by atoms with van der Waals surface area (Å²) >= 11 is 2.23. The van der Waals surface area contributed by atoms with Crippen LogP contribution >= 0.6 is 22.7 Å². The molecule has 0 atom stereocenters. The molecule has 2 amide bonds. The summed E-state index contributed by atoms with van der Waals surface area (Å²) in [6.45, 7) is 1.60. The minimum atomic E-state index is -0.656. The third-order valence-electron chi connectivity index (χ3n) is 3.82. The number of anilines is 2. The number of benzene rings is 1. The van der Waals surface area contributed by atoms with E-state index in [1.165, 1.54) is 42.7 Å². The number of ether oxygens (including phenoxy) is 1. The molecule has 0 aliphatic heterocycles. The van der Waals surface area contributed by atoms with Crippen LogP contribution in [0.5, 0.6) is 0 Å². The van der Waals surface area contributed by atoms with Crippen molar-refractivity contribution < 1.29 is 23.5 Å². The second kappa shape index (κ2) is 8.32. The van der Waals surface area contributed by atoms with E-state index < -0.39 is 17.7 Å². The van der Waals surface area contributed by atoms with Crippen molar-refractivity contribution >= 4 is 51.1 Å². The maximum Gasteiger partial charge on any atom is 0.341 e. The molecule has 144 valence electrons. The molecule has 0 aliphatic carbocycles. The van der Waals surface area contributed by atoms with Crippen molar-refractivity contribution in [2.75, 3.05) is 17.7 Å². The first-order chi connectivity index (χ1) is 13.4. The van der Waals surface area contributed by atoms with Gasteiger partial charge in [-0.15, -0.1) is 22.7 Å². The molecule has 0 fully saturated rings. The number of carbonyl (C=O) groups excluding carboxylic acids is 3. The molecular formula is C19H15FN2O4S2. The lowest BCUT2D eigenvalue weighted by Gasteiger charge is -2.05. The molecule has 2 aromatic heterocycles. The van der Waals surface area contributed by atoms with E-state index >= 15 is 0 Å². The fraction of sp³-hybridized carbons (Fsp3) is 0.105. The molecule has 2 N–H and O–H groups in total. The van der Waals surface area contributed by atoms with E-state index in [-0.39, 0.29) is 21.3 Å². The monoisotopic (exact) mass is 418 g/mol. The highest BCUT2D eigenvalue weighted by molar-refractivity contribution is 7.19. The Morgan fingerprint density at radius 2 is 1.75 bits per heavy atom. The van der Waals surface area contributed by atoms with Crippen LogP contribution in [-0.2, 0) is 4.74 Å². The van der Waals surface area contributed by atoms with Crippen molar-refractivity contribution in [3.8, 4) is 0 Å². The topological polar surface area (TPSA) is 84.5 Å². The molecule has 0 radical (unpaired) electrons. The van der Waals surface area contributed by atoms with Crippen LogP contribution in [0.2, 0.25) is 0 Å². The van der Waals surface area contributed by atoms with Crippen LogP contribution < -0.4 is 10.6 Å². The van der Waals surface area contributed by atoms with Gasteiger partial charge in [0, 0.05) is 5.69 Å². The molecule has 0 aliphatic rings. The van der Waals surface area contributed by atoms with Crippen LogP contribution in [-0.4, -0.2) is 24.9 Å². The zero-order chi connectivity index (χ0) is 20.3. The number of thiophene rings is 2. The average molecular weight is 418 g/mol. The first-order valence-electron chi connectivity index (χ1n) is 8.04. The molecular weight excluding hydrogens is 403 g/mol. The van der Waals surface area contributed by atoms with Gasteiger partial charge in [-0.25, -0.2) is 9.18 Å². The summed E-state index contributed by atoms with van der Waals surface area (Å²) in [5.74, 6) is -1.93. The standard InChI is InChI=1S/C19H15FN2O4S2/c1-10-14(19(25)26-2)18(22-16(23)13-4-3-9-27-13)28-15(10)17(24)21-12-7-5-11(20)6-8-12/h3-9H,1-2H3,(H,21,24)(H,22,23). The Kier molecular flexibility index (Phi) is 5.86. The van der Waals surface area contributed by atoms with Gasteiger partial charge < -0.3 is 15.4 Å². The number of hydrogen-bond donors (Lipinski definition) is 2. The average Bonchev–Trinajstić information content (AvgIpc) is 3.31. The van der Waals surface area contributed by atoms with Gasteiger partial charge in [-0.1, -0.05) is 6.07 Å². The second-order valence-electron chi connectivity index (χ2n) is 5.64. The van der Waals surface area contributed by atoms with Gasteiger partial charge in [0.15, 0.2) is 0 Å². The Morgan fingerprint density at radius 3 is 2.36 bits per heavy atom. The summed E-state index contributed by atoms with van der Waals surface area (Å²) < 4.78 is 17.8. The summed E-state index contributed by atoms with van der Waals surface area (Å²) in [5, 5.41) is 7.31. The lowest BCUT2D eigenvalue weighted by Crippen LogP contribution is -2.13. The van der Waals surface area contributed by atoms with Gasteiger partial charge in [0.25, 0.3) is 11.8 Å². The van der Waals surface area contributed by atoms with Crippen molar-refractivity contribution in [1.29, 1.82) is 0 Å². The molecule has 9 heteroatoms. The van der Waals surface area contributed by atoms with Gasteiger partial charge >= 0.3 is 5.97 Å². The number of halogens is 1. The lowest BCUT2D eigenvalue weighted by molar-refractivity contribution is 0.0601. The predicted molar refractivity (Wildman–Crippen MR) is 107 cm³/mol. The van der Waals surface area contributed by atoms with Crippen LogP contribution in [0.25, 0.3) is 0 Å². The van der Waals surface area contributed by atoms with Crippen LogP contribution in [0.1, 0.15) is 35.3 Å². The number of carbonyl (C=O) groups is 3. The Bertz CT molecular complexity index is 1030. The molecule has 0 saturated carbocycles. The van der Waals surface area contributed by atoms with Gasteiger partial charge in [-0.05, 0) is 48.2 Å². The minimum absolute atomic E-state index is 0.127. The number of nitrogens with one attached hydrogen (secondary N) is 2. The molecule has 1 aromatic carbocycles. The summed E-state index contributed by atoms with van der Waals surface area (Å²) in [6.07, 6.45) is 0. The summed E-state index contributed by atoms with van der Waals surface area (Å²) in [5.41, 5.74) is 0.919. The van der Waals surface area contributed by atoms with E-state index in [2.05, 4.69) is 10.6 Å². The molecule has 2 heterocycles. The van der Waals surface area contributed by atoms with E-state index in [0.717, 1.165) is 11.3 Å². The van der Waals surface area contributed by atoms with E-state index in [0.29, 0.717) is 16.1 Å². The van der Waals surface area contributed by atoms with Gasteiger partial charge in [0.2, 0.25) is 0 Å². The zero-order valence-corrected chi connectivity index (χ0v) is 16.5. The Morgan fingerprint density at radius 1 is 1.04 bits per heavy atom. The van der Waals surface area contributed by atoms with E-state index in [1.807, 2.05) is 0 Å². The number of methoxy groups -OCH3 is 1. The maximum absolute atomic E-state index is 13.0. The van der Waals surface area contributed by atoms with Crippen molar-refractivity contribution in [3.63, 3.8) is 0 Å². The predicted octanol–water partition coefficient (Wildman–Crippen LogP) is 4.55. The van der Waals surface area contributed by atoms with E-state index in [1.54, 1.807) is 24.4 Å². The highest BCUT2D eigenvalue weighted by Crippen LogP contribution is 2.34. The van der Waals surface area contributed by atoms with Crippen molar-refractivity contribution in [1.82, 2.24) is 0 Å². The molecule has 6 nitrogen and oxygen atoms in total. The Balaban J connectivity index is 1.92. The van der Waals surface area contributed by atoms with Gasteiger partial charge in [-0.3, -0.25) is 9.59 Å². The third kappa shape index (κ3) is 4.10. The highest BCUT2D eigenvalue weighted by Gasteiger charge is 2.26. The van der Waals surface area contributed by atoms with Gasteiger partial charge in [0.05, 0.1) is 22.4 Å². The third-order valence-corrected chi connectivity index (χ3v) is 5.89. The van der Waals surface area contributed by atoms with Crippen LogP contribution in [0.15, 0.2) is 41.8 Å². The second-order valence-corrected chi connectivity index (χ2v) is 7.61. The Hall–Kier alpha value is -3.04. The van der Waals surface area contributed by atoms with Crippen LogP contribution in [0, 0.1) is 12.7 Å². The fourth-order valence-electron chi connectivity index (χ4n) is 2.46. The van der Waals surface area contributed by atoms with E-state index in [4.69, 9.17) is 4.74 Å². The minimum Gasteiger partial charge on any atom is -0.465 e. The molecule has 0 unspecified atom stereocenters. The molecule has 0 bridgehead atoms. The number of esters is 1. The molecule has 3 aromatic rings. The van der Waals surface area contributed by atoms with E-state index in [9.17, 15) is 18.8 Å².